The van der Waals surface area contributed by atoms with Crippen LogP contribution < -0.4 is 0 Å². The average Bonchev–Trinajstić information content (AvgIpc) is 3.03. The summed E-state index contributed by atoms with van der Waals surface area (Å²) in [6, 6.07) is 1.56. The van der Waals surface area contributed by atoms with E-state index in [1.165, 1.54) is 4.90 Å². The fourth-order valence-corrected chi connectivity index (χ4v) is 1.83. The zero-order chi connectivity index (χ0) is 13.3. The molecule has 6 nitrogen and oxygen atoms in total. The van der Waals surface area contributed by atoms with Crippen LogP contribution in [0.25, 0.3) is 0 Å². The van der Waals surface area contributed by atoms with E-state index in [1.54, 1.807) is 19.9 Å². The molecule has 0 unspecified atom stereocenters. The summed E-state index contributed by atoms with van der Waals surface area (Å²) < 4.78 is 0. The van der Waals surface area contributed by atoms with Gasteiger partial charge in [-0.15, -0.1) is 0 Å². The third kappa shape index (κ3) is 2.69. The maximum Gasteiger partial charge on any atom is 0.323 e. The topological polar surface area (TPSA) is 86.3 Å². The van der Waals surface area contributed by atoms with Gasteiger partial charge < -0.3 is 10.0 Å². The van der Waals surface area contributed by atoms with Crippen LogP contribution in [0.5, 0.6) is 0 Å². The summed E-state index contributed by atoms with van der Waals surface area (Å²) in [5.41, 5.74) is 1.27. The van der Waals surface area contributed by atoms with Crippen molar-refractivity contribution in [3.63, 3.8) is 0 Å². The van der Waals surface area contributed by atoms with Gasteiger partial charge in [0.1, 0.15) is 12.2 Å². The number of rotatable bonds is 5. The predicted molar refractivity (Wildman–Crippen MR) is 64.4 cm³/mol. The maximum absolute atomic E-state index is 12.2. The maximum atomic E-state index is 12.2. The number of carboxylic acids is 1. The van der Waals surface area contributed by atoms with Crippen LogP contribution in [0.1, 0.15) is 48.8 Å². The lowest BCUT2D eigenvalue weighted by molar-refractivity contribution is -0.138. The lowest BCUT2D eigenvalue weighted by Crippen LogP contribution is -2.40. The van der Waals surface area contributed by atoms with Gasteiger partial charge in [0.2, 0.25) is 0 Å². The fourth-order valence-electron chi connectivity index (χ4n) is 1.83. The second-order valence-electron chi connectivity index (χ2n) is 4.90. The van der Waals surface area contributed by atoms with Crippen molar-refractivity contribution in [2.45, 2.75) is 38.6 Å². The number of amides is 1. The Balaban J connectivity index is 2.13. The van der Waals surface area contributed by atoms with Gasteiger partial charge in [0.25, 0.3) is 5.91 Å². The lowest BCUT2D eigenvalue weighted by Gasteiger charge is -2.23. The van der Waals surface area contributed by atoms with Crippen molar-refractivity contribution < 1.29 is 14.7 Å². The van der Waals surface area contributed by atoms with Crippen LogP contribution in [0.2, 0.25) is 0 Å². The van der Waals surface area contributed by atoms with Gasteiger partial charge in [-0.1, -0.05) is 0 Å². The van der Waals surface area contributed by atoms with E-state index in [2.05, 4.69) is 10.2 Å². The van der Waals surface area contributed by atoms with Crippen molar-refractivity contribution >= 4 is 11.9 Å². The Kier molecular flexibility index (Phi) is 3.36. The summed E-state index contributed by atoms with van der Waals surface area (Å²) in [5.74, 6) is -0.864. The molecule has 1 saturated carbocycles. The van der Waals surface area contributed by atoms with Crippen LogP contribution in [-0.2, 0) is 4.79 Å². The Morgan fingerprint density at radius 3 is 2.72 bits per heavy atom. The number of hydrogen-bond donors (Lipinski definition) is 2. The summed E-state index contributed by atoms with van der Waals surface area (Å²) in [6.45, 7) is 3.27. The number of carboxylic acid groups (broad SMARTS) is 1. The quantitative estimate of drug-likeness (QED) is 0.823. The minimum atomic E-state index is -1.02. The van der Waals surface area contributed by atoms with E-state index in [-0.39, 0.29) is 18.5 Å². The Morgan fingerprint density at radius 2 is 2.22 bits per heavy atom. The molecule has 1 aromatic rings. The summed E-state index contributed by atoms with van der Waals surface area (Å²) in [5, 5.41) is 15.6. The van der Waals surface area contributed by atoms with Crippen molar-refractivity contribution in [3.8, 4) is 0 Å². The first kappa shape index (κ1) is 12.6. The molecule has 0 spiro atoms. The Hall–Kier alpha value is -1.85. The fraction of sp³-hybridized carbons (Fsp3) is 0.583. The molecule has 18 heavy (non-hydrogen) atoms. The molecule has 98 valence electrons. The van der Waals surface area contributed by atoms with Crippen molar-refractivity contribution in [2.24, 2.45) is 0 Å². The van der Waals surface area contributed by atoms with E-state index < -0.39 is 5.97 Å². The lowest BCUT2D eigenvalue weighted by atomic mass is 10.2. The first-order chi connectivity index (χ1) is 8.49. The molecule has 0 radical (unpaired) electrons. The molecule has 1 aliphatic carbocycles. The van der Waals surface area contributed by atoms with Crippen molar-refractivity contribution in [3.05, 3.63) is 17.5 Å². The first-order valence-corrected chi connectivity index (χ1v) is 6.07. The van der Waals surface area contributed by atoms with Gasteiger partial charge in [-0.2, -0.15) is 5.10 Å². The third-order valence-electron chi connectivity index (χ3n) is 3.02. The van der Waals surface area contributed by atoms with E-state index in [4.69, 9.17) is 5.11 Å². The molecule has 0 atom stereocenters. The Bertz CT molecular complexity index is 463. The minimum Gasteiger partial charge on any atom is -0.480 e. The zero-order valence-electron chi connectivity index (χ0n) is 10.5. The van der Waals surface area contributed by atoms with Crippen LogP contribution >= 0.6 is 0 Å². The number of carbonyl (C=O) groups is 2. The number of aliphatic carboxylic acids is 1. The van der Waals surface area contributed by atoms with Crippen LogP contribution in [0.4, 0.5) is 0 Å². The molecule has 1 amide bonds. The molecule has 0 bridgehead atoms. The molecule has 1 aromatic heterocycles. The molecule has 1 aliphatic rings. The predicted octanol–water partition coefficient (Wildman–Crippen LogP) is 1.22. The average molecular weight is 251 g/mol. The first-order valence-electron chi connectivity index (χ1n) is 6.07. The van der Waals surface area contributed by atoms with Gasteiger partial charge in [0.05, 0.1) is 0 Å². The second kappa shape index (κ2) is 4.80. The van der Waals surface area contributed by atoms with Gasteiger partial charge in [-0.25, -0.2) is 0 Å². The number of nitrogens with zero attached hydrogens (tertiary/aromatic N) is 2. The molecule has 2 rings (SSSR count). The van der Waals surface area contributed by atoms with E-state index in [0.29, 0.717) is 11.6 Å². The normalized spacial score (nSPS) is 14.8. The number of aromatic nitrogens is 2. The van der Waals surface area contributed by atoms with Crippen LogP contribution in [0.15, 0.2) is 6.07 Å². The molecule has 1 heterocycles. The van der Waals surface area contributed by atoms with Gasteiger partial charge in [0, 0.05) is 17.7 Å². The van der Waals surface area contributed by atoms with E-state index in [1.807, 2.05) is 0 Å². The number of aromatic amines is 1. The summed E-state index contributed by atoms with van der Waals surface area (Å²) in [4.78, 5) is 24.2. The molecule has 0 aromatic carbocycles. The van der Waals surface area contributed by atoms with Gasteiger partial charge in [-0.3, -0.25) is 14.7 Å². The molecule has 0 saturated heterocycles. The monoisotopic (exact) mass is 251 g/mol. The summed E-state index contributed by atoms with van der Waals surface area (Å²) in [6.07, 6.45) is 2.25. The standard InChI is InChI=1S/C12H17N3O3/c1-7(2)15(6-11(16)17)12(18)10-5-9(13-14-10)8-3-4-8/h5,7-8H,3-4,6H2,1-2H3,(H,13,14)(H,16,17). The third-order valence-corrected chi connectivity index (χ3v) is 3.02. The number of carbonyl (C=O) groups excluding carboxylic acids is 1. The van der Waals surface area contributed by atoms with E-state index in [9.17, 15) is 9.59 Å². The summed E-state index contributed by atoms with van der Waals surface area (Å²) in [7, 11) is 0. The Morgan fingerprint density at radius 1 is 1.56 bits per heavy atom. The SMILES string of the molecule is CC(C)N(CC(=O)O)C(=O)c1cc(C2CC2)[nH]n1. The molecule has 1 fully saturated rings. The Labute approximate surface area is 105 Å². The van der Waals surface area contributed by atoms with Gasteiger partial charge in [-0.05, 0) is 32.8 Å². The highest BCUT2D eigenvalue weighted by atomic mass is 16.4. The minimum absolute atomic E-state index is 0.172. The van der Waals surface area contributed by atoms with Gasteiger partial charge >= 0.3 is 5.97 Å². The number of nitrogens with one attached hydrogen (secondary N) is 1. The highest BCUT2D eigenvalue weighted by Crippen LogP contribution is 2.39. The van der Waals surface area contributed by atoms with E-state index >= 15 is 0 Å². The molecule has 6 heteroatoms. The molecular formula is C12H17N3O3. The smallest absolute Gasteiger partial charge is 0.323 e. The molecule has 0 aliphatic heterocycles. The van der Waals surface area contributed by atoms with E-state index in [0.717, 1.165) is 18.5 Å². The van der Waals surface area contributed by atoms with Crippen LogP contribution in [0, 0.1) is 0 Å². The zero-order valence-corrected chi connectivity index (χ0v) is 10.5. The number of hydrogen-bond acceptors (Lipinski definition) is 3. The van der Waals surface area contributed by atoms with Crippen LogP contribution in [-0.4, -0.2) is 44.7 Å². The van der Waals surface area contributed by atoms with Gasteiger partial charge in [0.15, 0.2) is 0 Å². The molecular weight excluding hydrogens is 234 g/mol. The van der Waals surface area contributed by atoms with Crippen molar-refractivity contribution in [2.75, 3.05) is 6.54 Å². The second-order valence-corrected chi connectivity index (χ2v) is 4.90. The van der Waals surface area contributed by atoms with Crippen molar-refractivity contribution in [1.82, 2.24) is 15.1 Å². The highest BCUT2D eigenvalue weighted by molar-refractivity contribution is 5.94. The number of H-pyrrole nitrogens is 1. The highest BCUT2D eigenvalue weighted by Gasteiger charge is 2.28. The summed E-state index contributed by atoms with van der Waals surface area (Å²) >= 11 is 0. The van der Waals surface area contributed by atoms with Crippen molar-refractivity contribution in [1.29, 1.82) is 0 Å². The largest absolute Gasteiger partial charge is 0.480 e. The van der Waals surface area contributed by atoms with Crippen LogP contribution in [0.3, 0.4) is 0 Å². The molecule has 2 N–H and O–H groups in total.